The topological polar surface area (TPSA) is 51.0 Å². The average Bonchev–Trinajstić information content (AvgIpc) is 3.36. The lowest BCUT2D eigenvalue weighted by atomic mass is 9.93. The van der Waals surface area contributed by atoms with Crippen molar-refractivity contribution in [3.05, 3.63) is 93.8 Å². The third-order valence-electron chi connectivity index (χ3n) is 7.05. The van der Waals surface area contributed by atoms with Crippen molar-refractivity contribution in [2.45, 2.75) is 78.8 Å². The fraction of sp³-hybridized carbons (Fsp3) is 0.424. The van der Waals surface area contributed by atoms with E-state index < -0.39 is 0 Å². The summed E-state index contributed by atoms with van der Waals surface area (Å²) in [6.45, 7) is 9.37. The fourth-order valence-corrected chi connectivity index (χ4v) is 5.04. The van der Waals surface area contributed by atoms with Crippen LogP contribution in [0.15, 0.2) is 65.9 Å². The summed E-state index contributed by atoms with van der Waals surface area (Å²) in [7, 11) is 0. The second kappa shape index (κ2) is 14.0. The van der Waals surface area contributed by atoms with Gasteiger partial charge < -0.3 is 0 Å². The molecule has 0 aliphatic carbocycles. The number of carbonyl (C=O) groups excluding carboxylic acids is 1. The van der Waals surface area contributed by atoms with Gasteiger partial charge in [-0.25, -0.2) is 0 Å². The molecule has 2 heterocycles. The molecule has 4 rings (SSSR count). The molecule has 0 bridgehead atoms. The Morgan fingerprint density at radius 3 is 1.82 bits per heavy atom. The lowest BCUT2D eigenvalue weighted by molar-refractivity contribution is -0.113. The second-order valence-corrected chi connectivity index (χ2v) is 10.5. The first kappa shape index (κ1) is 27.7. The number of piperidine rings is 1. The Kier molecular flexibility index (Phi) is 10.2. The van der Waals surface area contributed by atoms with Gasteiger partial charge in [0.25, 0.3) is 0 Å². The van der Waals surface area contributed by atoms with Gasteiger partial charge in [0.05, 0.1) is 5.69 Å². The van der Waals surface area contributed by atoms with Crippen LogP contribution >= 0.6 is 0 Å². The van der Waals surface area contributed by atoms with Gasteiger partial charge in [0.1, 0.15) is 0 Å². The SMILES string of the molecule is CCCCCn1cc(CN2CC(=Cc3ccc(CCC)cc3)C(=O)C(=Cc3ccc(CCC)cc3)C2)nn1. The van der Waals surface area contributed by atoms with Gasteiger partial charge in [-0.05, 0) is 53.7 Å². The minimum absolute atomic E-state index is 0.139. The number of likely N-dealkylation sites (tertiary alicyclic amines) is 1. The predicted octanol–water partition coefficient (Wildman–Crippen LogP) is 6.93. The maximum atomic E-state index is 13.6. The molecule has 1 aliphatic heterocycles. The van der Waals surface area contributed by atoms with E-state index in [2.05, 4.69) is 103 Å². The number of unbranched alkanes of at least 4 members (excludes halogenated alkanes) is 2. The molecule has 0 N–H and O–H groups in total. The van der Waals surface area contributed by atoms with Crippen LogP contribution in [0, 0.1) is 0 Å². The van der Waals surface area contributed by atoms with E-state index in [1.807, 2.05) is 4.68 Å². The quantitative estimate of drug-likeness (QED) is 0.196. The Balaban J connectivity index is 1.57. The van der Waals surface area contributed by atoms with Gasteiger partial charge >= 0.3 is 0 Å². The molecule has 38 heavy (non-hydrogen) atoms. The van der Waals surface area contributed by atoms with Gasteiger partial charge in [0.2, 0.25) is 0 Å². The van der Waals surface area contributed by atoms with Crippen molar-refractivity contribution in [1.82, 2.24) is 19.9 Å². The zero-order chi connectivity index (χ0) is 26.7. The van der Waals surface area contributed by atoms with E-state index in [0.717, 1.165) is 66.6 Å². The molecule has 1 fully saturated rings. The van der Waals surface area contributed by atoms with Gasteiger partial charge in [-0.15, -0.1) is 5.10 Å². The van der Waals surface area contributed by atoms with E-state index in [1.165, 1.54) is 24.0 Å². The highest BCUT2D eigenvalue weighted by Crippen LogP contribution is 2.24. The summed E-state index contributed by atoms with van der Waals surface area (Å²) in [5.74, 6) is 0.139. The second-order valence-electron chi connectivity index (χ2n) is 10.5. The van der Waals surface area contributed by atoms with E-state index in [1.54, 1.807) is 0 Å². The molecule has 1 aliphatic rings. The molecule has 0 atom stereocenters. The van der Waals surface area contributed by atoms with E-state index in [0.29, 0.717) is 19.6 Å². The lowest BCUT2D eigenvalue weighted by Gasteiger charge is -2.29. The number of aryl methyl sites for hydroxylation is 3. The fourth-order valence-electron chi connectivity index (χ4n) is 5.04. The minimum atomic E-state index is 0.139. The molecule has 5 nitrogen and oxygen atoms in total. The monoisotopic (exact) mass is 510 g/mol. The van der Waals surface area contributed by atoms with Crippen LogP contribution in [-0.2, 0) is 30.7 Å². The molecule has 0 spiro atoms. The van der Waals surface area contributed by atoms with Crippen LogP contribution in [0.25, 0.3) is 12.2 Å². The van der Waals surface area contributed by atoms with E-state index in [9.17, 15) is 4.79 Å². The van der Waals surface area contributed by atoms with Gasteiger partial charge in [-0.1, -0.05) is 100 Å². The van der Waals surface area contributed by atoms with Crippen LogP contribution in [0.4, 0.5) is 0 Å². The van der Waals surface area contributed by atoms with Crippen LogP contribution < -0.4 is 0 Å². The van der Waals surface area contributed by atoms with Crippen molar-refractivity contribution < 1.29 is 4.79 Å². The first-order valence-corrected chi connectivity index (χ1v) is 14.3. The third-order valence-corrected chi connectivity index (χ3v) is 7.05. The Labute approximate surface area is 228 Å². The molecule has 5 heteroatoms. The van der Waals surface area contributed by atoms with Gasteiger partial charge in [0, 0.05) is 43.5 Å². The molecule has 0 unspecified atom stereocenters. The Morgan fingerprint density at radius 2 is 1.32 bits per heavy atom. The number of ketones is 1. The maximum absolute atomic E-state index is 13.6. The maximum Gasteiger partial charge on any atom is 0.187 e. The number of Topliss-reactive ketones (excluding diaryl/α,β-unsaturated/α-hetero) is 1. The van der Waals surface area contributed by atoms with E-state index in [-0.39, 0.29) is 5.78 Å². The van der Waals surface area contributed by atoms with Gasteiger partial charge in [-0.2, -0.15) is 0 Å². The molecule has 0 amide bonds. The summed E-state index contributed by atoms with van der Waals surface area (Å²) in [6.07, 6.45) is 14.1. The summed E-state index contributed by atoms with van der Waals surface area (Å²) in [5.41, 5.74) is 7.40. The highest BCUT2D eigenvalue weighted by Gasteiger charge is 2.26. The summed E-state index contributed by atoms with van der Waals surface area (Å²) >= 11 is 0. The third kappa shape index (κ3) is 7.84. The van der Waals surface area contributed by atoms with Crippen molar-refractivity contribution in [2.75, 3.05) is 13.1 Å². The molecule has 1 saturated heterocycles. The highest BCUT2D eigenvalue weighted by molar-refractivity contribution is 6.14. The van der Waals surface area contributed by atoms with Gasteiger partial charge in [0.15, 0.2) is 5.78 Å². The van der Waals surface area contributed by atoms with Crippen molar-refractivity contribution in [3.63, 3.8) is 0 Å². The number of rotatable bonds is 12. The standard InChI is InChI=1S/C33H42N4O/c1-4-7-8-19-37-25-32(34-35-37)24-36-22-30(20-28-15-11-26(9-5-2)12-16-28)33(38)31(23-36)21-29-17-13-27(10-6-3)14-18-29/h11-18,20-21,25H,4-10,19,22-24H2,1-3H3. The normalized spacial score (nSPS) is 16.6. The summed E-state index contributed by atoms with van der Waals surface area (Å²) in [4.78, 5) is 15.9. The Hall–Kier alpha value is -3.31. The zero-order valence-corrected chi connectivity index (χ0v) is 23.3. The van der Waals surface area contributed by atoms with E-state index >= 15 is 0 Å². The molecular formula is C33H42N4O. The van der Waals surface area contributed by atoms with Crippen LogP contribution in [0.5, 0.6) is 0 Å². The van der Waals surface area contributed by atoms with Gasteiger partial charge in [-0.3, -0.25) is 14.4 Å². The average molecular weight is 511 g/mol. The van der Waals surface area contributed by atoms with Crippen molar-refractivity contribution in [1.29, 1.82) is 0 Å². The van der Waals surface area contributed by atoms with Crippen LogP contribution in [0.2, 0.25) is 0 Å². The number of carbonyl (C=O) groups is 1. The number of benzene rings is 2. The summed E-state index contributed by atoms with van der Waals surface area (Å²) < 4.78 is 1.95. The summed E-state index contributed by atoms with van der Waals surface area (Å²) in [5, 5.41) is 8.76. The lowest BCUT2D eigenvalue weighted by Crippen LogP contribution is -2.37. The van der Waals surface area contributed by atoms with E-state index in [4.69, 9.17) is 0 Å². The molecule has 3 aromatic rings. The molecule has 0 saturated carbocycles. The molecule has 200 valence electrons. The Morgan fingerprint density at radius 1 is 0.763 bits per heavy atom. The smallest absolute Gasteiger partial charge is 0.187 e. The van der Waals surface area contributed by atoms with Crippen molar-refractivity contribution in [2.24, 2.45) is 0 Å². The van der Waals surface area contributed by atoms with Crippen LogP contribution in [0.1, 0.15) is 80.8 Å². The predicted molar refractivity (Wildman–Crippen MR) is 157 cm³/mol. The largest absolute Gasteiger partial charge is 0.289 e. The number of nitrogens with zero attached hydrogens (tertiary/aromatic N) is 4. The molecule has 1 aromatic heterocycles. The minimum Gasteiger partial charge on any atom is -0.289 e. The molecule has 2 aromatic carbocycles. The van der Waals surface area contributed by atoms with Crippen LogP contribution in [-0.4, -0.2) is 38.8 Å². The highest BCUT2D eigenvalue weighted by atomic mass is 16.1. The number of hydrogen-bond acceptors (Lipinski definition) is 4. The number of hydrogen-bond donors (Lipinski definition) is 0. The van der Waals surface area contributed by atoms with Crippen LogP contribution in [0.3, 0.4) is 0 Å². The number of aromatic nitrogens is 3. The zero-order valence-electron chi connectivity index (χ0n) is 23.3. The summed E-state index contributed by atoms with van der Waals surface area (Å²) in [6, 6.07) is 17.2. The first-order valence-electron chi connectivity index (χ1n) is 14.3. The molecule has 0 radical (unpaired) electrons. The van der Waals surface area contributed by atoms with Crippen molar-refractivity contribution >= 4 is 17.9 Å². The Bertz CT molecular complexity index is 1160. The first-order chi connectivity index (χ1) is 18.6. The molecular weight excluding hydrogens is 468 g/mol. The van der Waals surface area contributed by atoms with Crippen molar-refractivity contribution in [3.8, 4) is 0 Å².